The summed E-state index contributed by atoms with van der Waals surface area (Å²) in [6.45, 7) is 5.35. The second kappa shape index (κ2) is 7.18. The Morgan fingerprint density at radius 3 is 2.79 bits per heavy atom. The molecule has 2 aromatic heterocycles. The summed E-state index contributed by atoms with van der Waals surface area (Å²) in [5.74, 6) is 1.38. The fraction of sp³-hybridized carbons (Fsp3) is 0.450. The lowest BCUT2D eigenvalue weighted by molar-refractivity contribution is 0.0678. The van der Waals surface area contributed by atoms with Gasteiger partial charge in [-0.15, -0.1) is 0 Å². The molecule has 0 radical (unpaired) electrons. The summed E-state index contributed by atoms with van der Waals surface area (Å²) in [6, 6.07) is 7.74. The van der Waals surface area contributed by atoms with E-state index in [2.05, 4.69) is 22.4 Å². The molecule has 1 saturated heterocycles. The molecule has 0 spiro atoms. The van der Waals surface area contributed by atoms with Crippen LogP contribution >= 0.6 is 0 Å². The number of ether oxygens (including phenoxy) is 1. The van der Waals surface area contributed by atoms with Crippen LogP contribution in [0.1, 0.15) is 42.9 Å². The predicted molar refractivity (Wildman–Crippen MR) is 104 cm³/mol. The highest BCUT2D eigenvalue weighted by molar-refractivity contribution is 5.92. The molecule has 1 N–H and O–H groups in total. The number of carbonyl (C=O) groups excluding carboxylic acids is 1. The number of hydrogen-bond acceptors (Lipinski definition) is 7. The molecule has 0 saturated carbocycles. The van der Waals surface area contributed by atoms with Crippen LogP contribution < -0.4 is 10.1 Å². The largest absolute Gasteiger partial charge is 0.497 e. The third kappa shape index (κ3) is 3.54. The molecule has 0 unspecified atom stereocenters. The van der Waals surface area contributed by atoms with Crippen molar-refractivity contribution in [1.29, 1.82) is 0 Å². The third-order valence-corrected chi connectivity index (χ3v) is 5.28. The normalized spacial score (nSPS) is 16.3. The maximum Gasteiger partial charge on any atom is 0.296 e. The predicted octanol–water partition coefficient (Wildman–Crippen LogP) is 3.49. The van der Waals surface area contributed by atoms with Crippen LogP contribution in [0.2, 0.25) is 0 Å². The lowest BCUT2D eigenvalue weighted by Gasteiger charge is -2.39. The fourth-order valence-electron chi connectivity index (χ4n) is 3.42. The Kier molecular flexibility index (Phi) is 4.70. The number of amides is 1. The van der Waals surface area contributed by atoms with Crippen molar-refractivity contribution in [2.75, 3.05) is 25.5 Å². The van der Waals surface area contributed by atoms with E-state index in [1.54, 1.807) is 13.2 Å². The van der Waals surface area contributed by atoms with E-state index in [9.17, 15) is 4.79 Å². The van der Waals surface area contributed by atoms with E-state index in [1.807, 2.05) is 30.0 Å². The molecule has 4 rings (SSSR count). The van der Waals surface area contributed by atoms with E-state index < -0.39 is 0 Å². The van der Waals surface area contributed by atoms with Gasteiger partial charge in [0.05, 0.1) is 7.11 Å². The number of fused-ring (bicyclic) bond motifs is 1. The van der Waals surface area contributed by atoms with Crippen LogP contribution in [0.15, 0.2) is 33.2 Å². The zero-order valence-corrected chi connectivity index (χ0v) is 16.3. The summed E-state index contributed by atoms with van der Waals surface area (Å²) in [5.41, 5.74) is 1.62. The Balaban J connectivity index is 1.41. The monoisotopic (exact) mass is 384 g/mol. The molecule has 1 fully saturated rings. The first-order valence-corrected chi connectivity index (χ1v) is 9.47. The Morgan fingerprint density at radius 1 is 1.32 bits per heavy atom. The average molecular weight is 384 g/mol. The van der Waals surface area contributed by atoms with Crippen LogP contribution in [-0.4, -0.2) is 46.7 Å². The highest BCUT2D eigenvalue weighted by Crippen LogP contribution is 2.30. The van der Waals surface area contributed by atoms with Gasteiger partial charge in [0.15, 0.2) is 11.3 Å². The summed E-state index contributed by atoms with van der Waals surface area (Å²) < 4.78 is 16.2. The van der Waals surface area contributed by atoms with Gasteiger partial charge in [0.2, 0.25) is 0 Å². The number of benzene rings is 1. The van der Waals surface area contributed by atoms with Crippen LogP contribution in [-0.2, 0) is 6.42 Å². The van der Waals surface area contributed by atoms with Crippen molar-refractivity contribution >= 4 is 23.0 Å². The molecule has 0 aliphatic carbocycles. The number of anilines is 1. The van der Waals surface area contributed by atoms with E-state index in [0.717, 1.165) is 36.3 Å². The number of aryl methyl sites for hydroxylation is 1. The van der Waals surface area contributed by atoms with Gasteiger partial charge in [0.1, 0.15) is 17.0 Å². The molecule has 1 amide bonds. The van der Waals surface area contributed by atoms with Gasteiger partial charge < -0.3 is 23.9 Å². The molecule has 148 valence electrons. The molecular weight excluding hydrogens is 360 g/mol. The van der Waals surface area contributed by atoms with E-state index in [4.69, 9.17) is 13.7 Å². The van der Waals surface area contributed by atoms with Crippen molar-refractivity contribution in [3.63, 3.8) is 0 Å². The first-order chi connectivity index (χ1) is 13.5. The van der Waals surface area contributed by atoms with Crippen molar-refractivity contribution in [2.24, 2.45) is 0 Å². The van der Waals surface area contributed by atoms with Gasteiger partial charge in [-0.2, -0.15) is 4.98 Å². The minimum absolute atomic E-state index is 0.0838. The van der Waals surface area contributed by atoms with Crippen molar-refractivity contribution in [2.45, 2.75) is 38.6 Å². The average Bonchev–Trinajstić information content (AvgIpc) is 3.33. The number of nitrogens with zero attached hydrogens (tertiary/aromatic N) is 3. The van der Waals surface area contributed by atoms with E-state index in [1.165, 1.54) is 0 Å². The summed E-state index contributed by atoms with van der Waals surface area (Å²) >= 11 is 0. The standard InChI is InChI=1S/C20H24N4O4/c1-4-13-11-16(23-28-13)18(25)24-9-7-20(2,8-10-24)22-19-21-15-12-14(26-3)5-6-17(15)27-19/h5-6,11-12H,4,7-10H2,1-3H3,(H,21,22). The van der Waals surface area contributed by atoms with Crippen LogP contribution in [0.4, 0.5) is 6.01 Å². The smallest absolute Gasteiger partial charge is 0.296 e. The number of carbonyl (C=O) groups is 1. The molecule has 3 heterocycles. The second-order valence-corrected chi connectivity index (χ2v) is 7.36. The molecule has 3 aromatic rings. The number of likely N-dealkylation sites (tertiary alicyclic amines) is 1. The molecule has 1 aromatic carbocycles. The SMILES string of the molecule is CCc1cc(C(=O)N2CCC(C)(Nc3nc4cc(OC)ccc4o3)CC2)no1. The van der Waals surface area contributed by atoms with E-state index >= 15 is 0 Å². The van der Waals surface area contributed by atoms with Crippen molar-refractivity contribution < 1.29 is 18.5 Å². The Hall–Kier alpha value is -3.03. The minimum Gasteiger partial charge on any atom is -0.497 e. The molecule has 1 aliphatic rings. The Morgan fingerprint density at radius 2 is 2.11 bits per heavy atom. The molecular formula is C20H24N4O4. The van der Waals surface area contributed by atoms with Gasteiger partial charge in [-0.25, -0.2) is 0 Å². The summed E-state index contributed by atoms with van der Waals surface area (Å²) in [4.78, 5) is 18.9. The van der Waals surface area contributed by atoms with Gasteiger partial charge in [-0.1, -0.05) is 12.1 Å². The zero-order chi connectivity index (χ0) is 19.7. The fourth-order valence-corrected chi connectivity index (χ4v) is 3.42. The number of nitrogens with one attached hydrogen (secondary N) is 1. The number of rotatable bonds is 5. The zero-order valence-electron chi connectivity index (χ0n) is 16.3. The van der Waals surface area contributed by atoms with Crippen LogP contribution in [0.5, 0.6) is 5.75 Å². The number of hydrogen-bond donors (Lipinski definition) is 1. The lowest BCUT2D eigenvalue weighted by Crippen LogP contribution is -2.49. The van der Waals surface area contributed by atoms with Crippen molar-refractivity contribution in [3.8, 4) is 5.75 Å². The Labute approximate surface area is 162 Å². The molecule has 0 bridgehead atoms. The summed E-state index contributed by atoms with van der Waals surface area (Å²) in [6.07, 6.45) is 2.27. The highest BCUT2D eigenvalue weighted by atomic mass is 16.5. The topological polar surface area (TPSA) is 93.6 Å². The molecule has 0 atom stereocenters. The quantitative estimate of drug-likeness (QED) is 0.719. The minimum atomic E-state index is -0.208. The molecule has 28 heavy (non-hydrogen) atoms. The first-order valence-electron chi connectivity index (χ1n) is 9.47. The number of oxazole rings is 1. The van der Waals surface area contributed by atoms with Gasteiger partial charge in [0.25, 0.3) is 11.9 Å². The van der Waals surface area contributed by atoms with Crippen LogP contribution in [0, 0.1) is 0 Å². The molecule has 1 aliphatic heterocycles. The van der Waals surface area contributed by atoms with Gasteiger partial charge in [0, 0.05) is 37.2 Å². The van der Waals surface area contributed by atoms with Crippen LogP contribution in [0.25, 0.3) is 11.1 Å². The van der Waals surface area contributed by atoms with Crippen molar-refractivity contribution in [1.82, 2.24) is 15.0 Å². The number of methoxy groups -OCH3 is 1. The Bertz CT molecular complexity index is 985. The number of piperidine rings is 1. The third-order valence-electron chi connectivity index (χ3n) is 5.28. The summed E-state index contributed by atoms with van der Waals surface area (Å²) in [7, 11) is 1.62. The van der Waals surface area contributed by atoms with Gasteiger partial charge in [-0.3, -0.25) is 4.79 Å². The van der Waals surface area contributed by atoms with E-state index in [0.29, 0.717) is 30.4 Å². The molecule has 8 nitrogen and oxygen atoms in total. The maximum atomic E-state index is 12.6. The van der Waals surface area contributed by atoms with Crippen LogP contribution in [0.3, 0.4) is 0 Å². The highest BCUT2D eigenvalue weighted by Gasteiger charge is 2.34. The molecule has 8 heteroatoms. The second-order valence-electron chi connectivity index (χ2n) is 7.36. The van der Waals surface area contributed by atoms with E-state index in [-0.39, 0.29) is 11.4 Å². The lowest BCUT2D eigenvalue weighted by atomic mass is 9.89. The maximum absolute atomic E-state index is 12.6. The summed E-state index contributed by atoms with van der Waals surface area (Å²) in [5, 5.41) is 7.29. The van der Waals surface area contributed by atoms with Crippen molar-refractivity contribution in [3.05, 3.63) is 35.7 Å². The first kappa shape index (κ1) is 18.3. The van der Waals surface area contributed by atoms with Gasteiger partial charge in [-0.05, 0) is 31.9 Å². The number of aromatic nitrogens is 2. The van der Waals surface area contributed by atoms with Gasteiger partial charge >= 0.3 is 0 Å².